The highest BCUT2D eigenvalue weighted by Gasteiger charge is 2.68. The molecule has 1 unspecified atom stereocenters. The lowest BCUT2D eigenvalue weighted by Crippen LogP contribution is -2.58. The zero-order valence-electron chi connectivity index (χ0n) is 16.5. The molecule has 1 amide bonds. The number of rotatable bonds is 5. The molecule has 1 saturated heterocycles. The maximum absolute atomic E-state index is 11.9. The molecule has 1 aromatic carbocycles. The number of hydrogen-bond acceptors (Lipinski definition) is 4. The summed E-state index contributed by atoms with van der Waals surface area (Å²) >= 11 is 0. The van der Waals surface area contributed by atoms with Crippen molar-refractivity contribution in [3.8, 4) is 5.75 Å². The van der Waals surface area contributed by atoms with Crippen LogP contribution < -0.4 is 10.1 Å². The van der Waals surface area contributed by atoms with E-state index in [-0.39, 0.29) is 35.5 Å². The zero-order chi connectivity index (χ0) is 19.2. The highest BCUT2D eigenvalue weighted by Crippen LogP contribution is 2.70. The summed E-state index contributed by atoms with van der Waals surface area (Å²) in [6, 6.07) is 8.29. The number of hydrogen-bond donors (Lipinski definition) is 2. The largest absolute Gasteiger partial charge is 0.491 e. The van der Waals surface area contributed by atoms with Crippen molar-refractivity contribution in [3.05, 3.63) is 29.8 Å². The third-order valence-corrected chi connectivity index (χ3v) is 7.42. The monoisotopic (exact) mass is 373 g/mol. The molecule has 27 heavy (non-hydrogen) atoms. The summed E-state index contributed by atoms with van der Waals surface area (Å²) in [6.45, 7) is 7.33. The Morgan fingerprint density at radius 3 is 2.74 bits per heavy atom. The van der Waals surface area contributed by atoms with Crippen LogP contribution in [0.5, 0.6) is 5.75 Å². The number of ether oxygens (including phenoxy) is 2. The molecule has 2 N–H and O–H groups in total. The Kier molecular flexibility index (Phi) is 4.71. The van der Waals surface area contributed by atoms with Gasteiger partial charge in [-0.25, -0.2) is 0 Å². The lowest BCUT2D eigenvalue weighted by molar-refractivity contribution is -0.136. The van der Waals surface area contributed by atoms with Gasteiger partial charge in [0.25, 0.3) is 0 Å². The molecule has 5 atom stereocenters. The summed E-state index contributed by atoms with van der Waals surface area (Å²) in [5, 5.41) is 12.2. The molecule has 3 fully saturated rings. The Hall–Kier alpha value is -1.59. The maximum atomic E-state index is 11.9. The first kappa shape index (κ1) is 18.8. The van der Waals surface area contributed by atoms with Crippen molar-refractivity contribution in [1.82, 2.24) is 5.32 Å². The van der Waals surface area contributed by atoms with E-state index >= 15 is 0 Å². The van der Waals surface area contributed by atoms with Gasteiger partial charge >= 0.3 is 0 Å². The molecular formula is C22H31NO4. The number of carbonyl (C=O) groups excluding carboxylic acids is 1. The van der Waals surface area contributed by atoms with E-state index in [4.69, 9.17) is 14.6 Å². The molecular weight excluding hydrogens is 342 g/mol. The van der Waals surface area contributed by atoms with Gasteiger partial charge in [-0.2, -0.15) is 0 Å². The minimum Gasteiger partial charge on any atom is -0.491 e. The molecule has 2 bridgehead atoms. The van der Waals surface area contributed by atoms with E-state index in [1.165, 1.54) is 12.0 Å². The Morgan fingerprint density at radius 2 is 2.07 bits per heavy atom. The number of fused-ring (bicyclic) bond motifs is 1. The van der Waals surface area contributed by atoms with Crippen molar-refractivity contribution < 1.29 is 19.4 Å². The number of benzene rings is 1. The van der Waals surface area contributed by atoms with Gasteiger partial charge in [0.1, 0.15) is 12.4 Å². The SMILES string of the molecule is CC(=O)N[C@@H]1C(C)(C)[C@@H]2C[C@@H]3[C@@H](c4ccc(OCCO)cc4)OCCC31C2. The van der Waals surface area contributed by atoms with E-state index in [0.717, 1.165) is 25.2 Å². The molecule has 148 valence electrons. The van der Waals surface area contributed by atoms with Crippen LogP contribution in [0.15, 0.2) is 24.3 Å². The van der Waals surface area contributed by atoms with E-state index in [9.17, 15) is 4.79 Å². The van der Waals surface area contributed by atoms with Crippen LogP contribution in [0.25, 0.3) is 0 Å². The summed E-state index contributed by atoms with van der Waals surface area (Å²) in [5.41, 5.74) is 1.45. The molecule has 4 rings (SSSR count). The van der Waals surface area contributed by atoms with Gasteiger partial charge in [0.2, 0.25) is 5.91 Å². The summed E-state index contributed by atoms with van der Waals surface area (Å²) in [6.07, 6.45) is 3.45. The molecule has 1 aromatic rings. The Morgan fingerprint density at radius 1 is 1.33 bits per heavy atom. The minimum atomic E-state index is 0.0137. The van der Waals surface area contributed by atoms with E-state index in [0.29, 0.717) is 18.4 Å². The molecule has 5 nitrogen and oxygen atoms in total. The van der Waals surface area contributed by atoms with E-state index in [2.05, 4.69) is 31.3 Å². The standard InChI is InChI=1S/C22H31NO4/c1-14(25)23-20-21(2,3)16-12-18-19(27-10-8-22(18,20)13-16)15-4-6-17(7-5-15)26-11-9-24/h4-7,16,18-20,24H,8-13H2,1-3H3,(H,23,25)/t16-,18-,19-,20-,22?/m1/s1. The number of nitrogens with one attached hydrogen (secondary N) is 1. The third kappa shape index (κ3) is 2.95. The van der Waals surface area contributed by atoms with Gasteiger partial charge in [0, 0.05) is 19.6 Å². The molecule has 0 aromatic heterocycles. The van der Waals surface area contributed by atoms with Gasteiger partial charge in [-0.05, 0) is 59.6 Å². The molecule has 5 heteroatoms. The van der Waals surface area contributed by atoms with Gasteiger partial charge in [-0.1, -0.05) is 26.0 Å². The normalized spacial score (nSPS) is 36.3. The van der Waals surface area contributed by atoms with Crippen molar-refractivity contribution in [2.45, 2.75) is 52.2 Å². The number of aliphatic hydroxyl groups excluding tert-OH is 1. The first-order chi connectivity index (χ1) is 12.9. The second-order valence-corrected chi connectivity index (χ2v) is 9.11. The first-order valence-electron chi connectivity index (χ1n) is 10.1. The predicted molar refractivity (Wildman–Crippen MR) is 102 cm³/mol. The second-order valence-electron chi connectivity index (χ2n) is 9.11. The average molecular weight is 373 g/mol. The lowest BCUT2D eigenvalue weighted by Gasteiger charge is -2.53. The summed E-state index contributed by atoms with van der Waals surface area (Å²) in [7, 11) is 0. The summed E-state index contributed by atoms with van der Waals surface area (Å²) in [4.78, 5) is 11.9. The smallest absolute Gasteiger partial charge is 0.217 e. The molecule has 0 radical (unpaired) electrons. The van der Waals surface area contributed by atoms with Crippen molar-refractivity contribution in [2.75, 3.05) is 19.8 Å². The van der Waals surface area contributed by atoms with E-state index in [1.54, 1.807) is 6.92 Å². The van der Waals surface area contributed by atoms with E-state index < -0.39 is 0 Å². The number of amides is 1. The minimum absolute atomic E-state index is 0.0137. The lowest BCUT2D eigenvalue weighted by atomic mass is 9.59. The number of carbonyl (C=O) groups is 1. The first-order valence-corrected chi connectivity index (χ1v) is 10.1. The van der Waals surface area contributed by atoms with Crippen molar-refractivity contribution >= 4 is 5.91 Å². The van der Waals surface area contributed by atoms with Crippen LogP contribution in [-0.2, 0) is 9.53 Å². The van der Waals surface area contributed by atoms with Crippen LogP contribution in [0.2, 0.25) is 0 Å². The quantitative estimate of drug-likeness (QED) is 0.832. The highest BCUT2D eigenvalue weighted by molar-refractivity contribution is 5.73. The second kappa shape index (κ2) is 6.78. The molecule has 3 aliphatic rings. The van der Waals surface area contributed by atoms with Gasteiger partial charge in [0.15, 0.2) is 0 Å². The molecule has 2 aliphatic carbocycles. The van der Waals surface area contributed by atoms with Gasteiger partial charge in [-0.15, -0.1) is 0 Å². The van der Waals surface area contributed by atoms with Crippen LogP contribution in [0.4, 0.5) is 0 Å². The van der Waals surface area contributed by atoms with Crippen LogP contribution in [0.1, 0.15) is 51.7 Å². The van der Waals surface area contributed by atoms with Crippen LogP contribution >= 0.6 is 0 Å². The fraction of sp³-hybridized carbons (Fsp3) is 0.682. The average Bonchev–Trinajstić information content (AvgIpc) is 3.13. The van der Waals surface area contributed by atoms with Crippen molar-refractivity contribution in [2.24, 2.45) is 22.7 Å². The van der Waals surface area contributed by atoms with Crippen molar-refractivity contribution in [1.29, 1.82) is 0 Å². The van der Waals surface area contributed by atoms with Crippen LogP contribution in [0.3, 0.4) is 0 Å². The fourth-order valence-electron chi connectivity index (χ4n) is 6.24. The number of aliphatic hydroxyl groups is 1. The molecule has 1 aliphatic heterocycles. The molecule has 1 heterocycles. The topological polar surface area (TPSA) is 67.8 Å². The summed E-state index contributed by atoms with van der Waals surface area (Å²) < 4.78 is 11.8. The third-order valence-electron chi connectivity index (χ3n) is 7.42. The van der Waals surface area contributed by atoms with E-state index in [1.807, 2.05) is 12.1 Å². The zero-order valence-corrected chi connectivity index (χ0v) is 16.5. The van der Waals surface area contributed by atoms with Gasteiger partial charge < -0.3 is 19.9 Å². The molecule has 2 saturated carbocycles. The Bertz CT molecular complexity index is 701. The van der Waals surface area contributed by atoms with Crippen LogP contribution in [0, 0.1) is 22.7 Å². The molecule has 1 spiro atoms. The Labute approximate surface area is 161 Å². The fourth-order valence-corrected chi connectivity index (χ4v) is 6.24. The Balaban J connectivity index is 1.60. The van der Waals surface area contributed by atoms with Crippen LogP contribution in [-0.4, -0.2) is 36.9 Å². The predicted octanol–water partition coefficient (Wildman–Crippen LogP) is 3.08. The van der Waals surface area contributed by atoms with Crippen molar-refractivity contribution in [3.63, 3.8) is 0 Å². The highest BCUT2D eigenvalue weighted by atomic mass is 16.5. The van der Waals surface area contributed by atoms with Gasteiger partial charge in [-0.3, -0.25) is 4.79 Å². The maximum Gasteiger partial charge on any atom is 0.217 e. The van der Waals surface area contributed by atoms with Gasteiger partial charge in [0.05, 0.1) is 12.7 Å². The summed E-state index contributed by atoms with van der Waals surface area (Å²) in [5.74, 6) is 1.90.